The van der Waals surface area contributed by atoms with Crippen molar-refractivity contribution in [2.75, 3.05) is 27.4 Å². The maximum absolute atomic E-state index is 14.1. The van der Waals surface area contributed by atoms with Crippen LogP contribution in [0.1, 0.15) is 102 Å². The molecule has 3 N–H and O–H groups in total. The third kappa shape index (κ3) is 9.66. The standard InChI is InChI=1S/C40H56N4O9S/c1-51-31-24-34-36(45)42-40(38(47)43-54(49,50)32-19-20-32)25-30(40)17-9-4-3-5-10-18-33(37(46)44(34)26-31)41-39(48)53-21-13-7-6-8-16-29-22-27-14-11-12-15-28(27)23-35(29)52-2/h11-12,14-15,22-23,30-34H,3-10,13,16-21,24-26H2,1-2H3,(H,41,48)(H,42,45)(H,43,47)/t30-,31+,33+,34+,40-/m1/s1. The van der Waals surface area contributed by atoms with Crippen LogP contribution in [0.5, 0.6) is 5.75 Å². The number of alkyl carbamates (subject to hydrolysis) is 1. The molecule has 4 fully saturated rings. The topological polar surface area (TPSA) is 169 Å². The van der Waals surface area contributed by atoms with Crippen molar-refractivity contribution in [1.82, 2.24) is 20.3 Å². The largest absolute Gasteiger partial charge is 0.496 e. The van der Waals surface area contributed by atoms with Gasteiger partial charge in [-0.3, -0.25) is 19.1 Å². The number of carbonyl (C=O) groups is 4. The number of rotatable bonds is 13. The molecule has 0 radical (unpaired) electrons. The van der Waals surface area contributed by atoms with Gasteiger partial charge in [0.15, 0.2) is 0 Å². The van der Waals surface area contributed by atoms with Crippen molar-refractivity contribution in [2.45, 2.75) is 132 Å². The Balaban J connectivity index is 1.03. The zero-order valence-electron chi connectivity index (χ0n) is 31.6. The third-order valence-corrected chi connectivity index (χ3v) is 13.4. The fourth-order valence-electron chi connectivity index (χ4n) is 8.11. The lowest BCUT2D eigenvalue weighted by atomic mass is 10.0. The van der Waals surface area contributed by atoms with Gasteiger partial charge in [0.05, 0.1) is 25.1 Å². The molecule has 2 heterocycles. The van der Waals surface area contributed by atoms with E-state index in [1.54, 1.807) is 7.11 Å². The van der Waals surface area contributed by atoms with Crippen molar-refractivity contribution in [3.8, 4) is 5.75 Å². The number of amides is 4. The van der Waals surface area contributed by atoms with Crippen LogP contribution < -0.4 is 20.1 Å². The van der Waals surface area contributed by atoms with Crippen LogP contribution >= 0.6 is 0 Å². The van der Waals surface area contributed by atoms with E-state index in [0.717, 1.165) is 62.5 Å². The molecule has 2 aliphatic heterocycles. The first kappa shape index (κ1) is 39.8. The smallest absolute Gasteiger partial charge is 0.407 e. The Morgan fingerprint density at radius 2 is 1.63 bits per heavy atom. The van der Waals surface area contributed by atoms with E-state index < -0.39 is 62.8 Å². The second-order valence-electron chi connectivity index (χ2n) is 15.5. The number of unbranched alkanes of at least 4 members (excludes halogenated alkanes) is 3. The summed E-state index contributed by atoms with van der Waals surface area (Å²) >= 11 is 0. The normalized spacial score (nSPS) is 26.4. The number of carbonyl (C=O) groups excluding carboxylic acids is 4. The van der Waals surface area contributed by atoms with E-state index in [-0.39, 0.29) is 25.5 Å². The first-order chi connectivity index (χ1) is 26.0. The molecule has 0 spiro atoms. The molecule has 6 rings (SSSR count). The van der Waals surface area contributed by atoms with Gasteiger partial charge < -0.3 is 29.7 Å². The van der Waals surface area contributed by atoms with E-state index in [4.69, 9.17) is 14.2 Å². The van der Waals surface area contributed by atoms with Crippen molar-refractivity contribution in [3.63, 3.8) is 0 Å². The number of hydrogen-bond donors (Lipinski definition) is 3. The average Bonchev–Trinajstić information content (AvgIpc) is 4.09. The SMILES string of the molecule is COc1cc2ccccc2cc1CCCCCCOC(=O)N[C@H]1CCCCCCC[C@@H]2C[C@@]2(C(=O)NS(=O)(=O)C2CC2)NC(=O)[C@@H]2C[C@H](OC)CN2C1=O. The van der Waals surface area contributed by atoms with Crippen molar-refractivity contribution in [2.24, 2.45) is 5.92 Å². The van der Waals surface area contributed by atoms with Gasteiger partial charge >= 0.3 is 6.09 Å². The first-order valence-electron chi connectivity index (χ1n) is 19.7. The molecular formula is C40H56N4O9S. The van der Waals surface area contributed by atoms with E-state index >= 15 is 0 Å². The minimum atomic E-state index is -3.81. The lowest BCUT2D eigenvalue weighted by Gasteiger charge is -2.30. The highest BCUT2D eigenvalue weighted by Gasteiger charge is 2.62. The van der Waals surface area contributed by atoms with Gasteiger partial charge in [-0.2, -0.15) is 0 Å². The zero-order valence-corrected chi connectivity index (χ0v) is 32.4. The quantitative estimate of drug-likeness (QED) is 0.240. The summed E-state index contributed by atoms with van der Waals surface area (Å²) in [6, 6.07) is 10.6. The van der Waals surface area contributed by atoms with Crippen molar-refractivity contribution < 1.29 is 41.8 Å². The molecule has 4 amide bonds. The van der Waals surface area contributed by atoms with Gasteiger partial charge in [-0.1, -0.05) is 69.2 Å². The van der Waals surface area contributed by atoms with Gasteiger partial charge in [-0.15, -0.1) is 0 Å². The van der Waals surface area contributed by atoms with Gasteiger partial charge in [0.25, 0.3) is 5.91 Å². The van der Waals surface area contributed by atoms with E-state index in [1.807, 2.05) is 12.1 Å². The molecule has 0 bridgehead atoms. The maximum Gasteiger partial charge on any atom is 0.407 e. The Hall–Kier alpha value is -3.91. The summed E-state index contributed by atoms with van der Waals surface area (Å²) in [5.41, 5.74) is -0.171. The Bertz CT molecular complexity index is 1780. The molecule has 5 atom stereocenters. The number of ether oxygens (including phenoxy) is 3. The summed E-state index contributed by atoms with van der Waals surface area (Å²) in [7, 11) is -0.604. The molecule has 14 heteroatoms. The van der Waals surface area contributed by atoms with Crippen LogP contribution in [-0.4, -0.2) is 93.5 Å². The minimum absolute atomic E-state index is 0.143. The Morgan fingerprint density at radius 3 is 2.35 bits per heavy atom. The number of nitrogens with zero attached hydrogens (tertiary/aromatic N) is 1. The maximum atomic E-state index is 14.1. The summed E-state index contributed by atoms with van der Waals surface area (Å²) in [4.78, 5) is 56.0. The third-order valence-electron chi connectivity index (χ3n) is 11.6. The van der Waals surface area contributed by atoms with Gasteiger partial charge in [0.2, 0.25) is 21.8 Å². The van der Waals surface area contributed by atoms with Crippen LogP contribution in [-0.2, 0) is 40.3 Å². The second kappa shape index (κ2) is 17.7. The summed E-state index contributed by atoms with van der Waals surface area (Å²) in [5, 5.41) is 7.44. The molecule has 0 unspecified atom stereocenters. The van der Waals surface area contributed by atoms with Crippen LogP contribution in [0.15, 0.2) is 36.4 Å². The fourth-order valence-corrected chi connectivity index (χ4v) is 9.47. The zero-order chi connectivity index (χ0) is 38.3. The molecule has 2 saturated carbocycles. The molecule has 4 aliphatic rings. The number of aryl methyl sites for hydroxylation is 1. The number of sulfonamides is 1. The highest BCUT2D eigenvalue weighted by Crippen LogP contribution is 2.48. The molecule has 2 aromatic carbocycles. The minimum Gasteiger partial charge on any atom is -0.496 e. The summed E-state index contributed by atoms with van der Waals surface area (Å²) in [6.07, 6.45) is 10.1. The van der Waals surface area contributed by atoms with Gasteiger partial charge in [0, 0.05) is 20.1 Å². The van der Waals surface area contributed by atoms with Crippen LogP contribution in [0.4, 0.5) is 4.79 Å². The predicted octanol–water partition coefficient (Wildman–Crippen LogP) is 4.89. The van der Waals surface area contributed by atoms with E-state index in [1.165, 1.54) is 23.0 Å². The first-order valence-corrected chi connectivity index (χ1v) is 21.3. The molecule has 54 heavy (non-hydrogen) atoms. The molecule has 2 aromatic rings. The van der Waals surface area contributed by atoms with E-state index in [2.05, 4.69) is 39.6 Å². The average molecular weight is 769 g/mol. The van der Waals surface area contributed by atoms with Gasteiger partial charge in [-0.25, -0.2) is 13.2 Å². The summed E-state index contributed by atoms with van der Waals surface area (Å²) in [6.45, 7) is 0.360. The van der Waals surface area contributed by atoms with Crippen LogP contribution in [0.25, 0.3) is 10.8 Å². The molecule has 13 nitrogen and oxygen atoms in total. The van der Waals surface area contributed by atoms with Crippen LogP contribution in [0, 0.1) is 5.92 Å². The number of hydrogen-bond acceptors (Lipinski definition) is 9. The Morgan fingerprint density at radius 1 is 0.926 bits per heavy atom. The molecule has 0 aromatic heterocycles. The van der Waals surface area contributed by atoms with Crippen molar-refractivity contribution in [1.29, 1.82) is 0 Å². The van der Waals surface area contributed by atoms with Crippen LogP contribution in [0.2, 0.25) is 0 Å². The van der Waals surface area contributed by atoms with Crippen molar-refractivity contribution >= 4 is 44.6 Å². The lowest BCUT2D eigenvalue weighted by Crippen LogP contribution is -2.58. The summed E-state index contributed by atoms with van der Waals surface area (Å²) < 4.78 is 44.3. The molecule has 2 aliphatic carbocycles. The number of nitrogens with one attached hydrogen (secondary N) is 3. The Labute approximate surface area is 318 Å². The summed E-state index contributed by atoms with van der Waals surface area (Å²) in [5.74, 6) is -0.946. The van der Waals surface area contributed by atoms with E-state index in [0.29, 0.717) is 44.9 Å². The number of benzene rings is 2. The molecule has 2 saturated heterocycles. The van der Waals surface area contributed by atoms with Gasteiger partial charge in [-0.05, 0) is 85.8 Å². The van der Waals surface area contributed by atoms with Crippen molar-refractivity contribution in [3.05, 3.63) is 42.0 Å². The Kier molecular flexibility index (Phi) is 13.0. The van der Waals surface area contributed by atoms with E-state index in [9.17, 15) is 27.6 Å². The van der Waals surface area contributed by atoms with Gasteiger partial charge in [0.1, 0.15) is 23.4 Å². The molecular weight excluding hydrogens is 713 g/mol. The fraction of sp³-hybridized carbons (Fsp3) is 0.650. The number of fused-ring (bicyclic) bond motifs is 3. The lowest BCUT2D eigenvalue weighted by molar-refractivity contribution is -0.141. The van der Waals surface area contributed by atoms with Crippen LogP contribution in [0.3, 0.4) is 0 Å². The predicted molar refractivity (Wildman–Crippen MR) is 203 cm³/mol. The highest BCUT2D eigenvalue weighted by molar-refractivity contribution is 7.91. The second-order valence-corrected chi connectivity index (χ2v) is 17.5. The number of methoxy groups -OCH3 is 2. The monoisotopic (exact) mass is 768 g/mol. The highest BCUT2D eigenvalue weighted by atomic mass is 32.2. The molecule has 296 valence electrons.